The van der Waals surface area contributed by atoms with Crippen molar-refractivity contribution in [2.75, 3.05) is 19.8 Å². The van der Waals surface area contributed by atoms with Crippen molar-refractivity contribution in [2.45, 2.75) is 60.8 Å². The van der Waals surface area contributed by atoms with E-state index in [1.807, 2.05) is 0 Å². The highest BCUT2D eigenvalue weighted by Crippen LogP contribution is 2.20. The molecular weight excluding hydrogens is 228 g/mol. The van der Waals surface area contributed by atoms with E-state index in [-0.39, 0.29) is 11.4 Å². The van der Waals surface area contributed by atoms with Crippen molar-refractivity contribution < 1.29 is 14.3 Å². The molecule has 0 radical (unpaired) electrons. The van der Waals surface area contributed by atoms with Crippen molar-refractivity contribution in [3.8, 4) is 0 Å². The van der Waals surface area contributed by atoms with Crippen LogP contribution in [0.1, 0.15) is 60.8 Å². The van der Waals surface area contributed by atoms with Crippen molar-refractivity contribution in [3.05, 3.63) is 0 Å². The predicted octanol–water partition coefficient (Wildman–Crippen LogP) is 3.81. The minimum atomic E-state index is -0.121. The highest BCUT2D eigenvalue weighted by molar-refractivity contribution is 5.69. The standard InChI is InChI=1S/C15H30O3/c1-14(2,3)8-7-13(16)18-12-11-17-10-9-15(4,5)6/h7-12H2,1-6H3. The molecule has 0 saturated carbocycles. The zero-order chi connectivity index (χ0) is 14.2. The maximum absolute atomic E-state index is 11.4. The summed E-state index contributed by atoms with van der Waals surface area (Å²) in [5, 5.41) is 0. The summed E-state index contributed by atoms with van der Waals surface area (Å²) in [6.07, 6.45) is 2.37. The lowest BCUT2D eigenvalue weighted by atomic mass is 9.91. The lowest BCUT2D eigenvalue weighted by Gasteiger charge is -2.18. The van der Waals surface area contributed by atoms with Gasteiger partial charge in [-0.3, -0.25) is 4.79 Å². The maximum Gasteiger partial charge on any atom is 0.305 e. The lowest BCUT2D eigenvalue weighted by molar-refractivity contribution is -0.145. The Morgan fingerprint density at radius 2 is 1.39 bits per heavy atom. The number of rotatable bonds is 7. The van der Waals surface area contributed by atoms with Gasteiger partial charge in [-0.2, -0.15) is 0 Å². The van der Waals surface area contributed by atoms with Crippen LogP contribution in [0.5, 0.6) is 0 Å². The van der Waals surface area contributed by atoms with Crippen LogP contribution in [-0.2, 0) is 14.3 Å². The van der Waals surface area contributed by atoms with Gasteiger partial charge < -0.3 is 9.47 Å². The van der Waals surface area contributed by atoms with Crippen molar-refractivity contribution in [2.24, 2.45) is 10.8 Å². The van der Waals surface area contributed by atoms with E-state index in [0.29, 0.717) is 25.0 Å². The van der Waals surface area contributed by atoms with Gasteiger partial charge in [-0.25, -0.2) is 0 Å². The first kappa shape index (κ1) is 17.4. The van der Waals surface area contributed by atoms with Gasteiger partial charge in [0.1, 0.15) is 6.61 Å². The van der Waals surface area contributed by atoms with Crippen LogP contribution in [-0.4, -0.2) is 25.8 Å². The van der Waals surface area contributed by atoms with Gasteiger partial charge in [0.25, 0.3) is 0 Å². The molecule has 0 N–H and O–H groups in total. The topological polar surface area (TPSA) is 35.5 Å². The minimum Gasteiger partial charge on any atom is -0.463 e. The van der Waals surface area contributed by atoms with E-state index in [1.165, 1.54) is 0 Å². The molecule has 0 aromatic heterocycles. The zero-order valence-corrected chi connectivity index (χ0v) is 13.0. The van der Waals surface area contributed by atoms with E-state index >= 15 is 0 Å². The summed E-state index contributed by atoms with van der Waals surface area (Å²) in [7, 11) is 0. The summed E-state index contributed by atoms with van der Waals surface area (Å²) < 4.78 is 10.5. The van der Waals surface area contributed by atoms with Crippen molar-refractivity contribution in [1.82, 2.24) is 0 Å². The quantitative estimate of drug-likeness (QED) is 0.514. The molecule has 0 aliphatic heterocycles. The van der Waals surface area contributed by atoms with Crippen LogP contribution in [0.2, 0.25) is 0 Å². The minimum absolute atomic E-state index is 0.121. The van der Waals surface area contributed by atoms with Crippen molar-refractivity contribution in [3.63, 3.8) is 0 Å². The summed E-state index contributed by atoms with van der Waals surface area (Å²) in [6, 6.07) is 0. The number of esters is 1. The molecule has 3 heteroatoms. The molecule has 108 valence electrons. The molecule has 0 aromatic carbocycles. The average Bonchev–Trinajstić information content (AvgIpc) is 2.17. The fourth-order valence-electron chi connectivity index (χ4n) is 1.24. The number of hydrogen-bond donors (Lipinski definition) is 0. The largest absolute Gasteiger partial charge is 0.463 e. The smallest absolute Gasteiger partial charge is 0.305 e. The van der Waals surface area contributed by atoms with Gasteiger partial charge in [0.15, 0.2) is 0 Å². The predicted molar refractivity (Wildman–Crippen MR) is 74.5 cm³/mol. The third kappa shape index (κ3) is 13.5. The third-order valence-corrected chi connectivity index (χ3v) is 2.57. The average molecular weight is 258 g/mol. The van der Waals surface area contributed by atoms with Crippen LogP contribution in [0.15, 0.2) is 0 Å². The normalized spacial score (nSPS) is 12.6. The van der Waals surface area contributed by atoms with Crippen molar-refractivity contribution >= 4 is 5.97 Å². The number of carbonyl (C=O) groups is 1. The molecule has 0 heterocycles. The molecule has 0 spiro atoms. The van der Waals surface area contributed by atoms with Crippen LogP contribution in [0, 0.1) is 10.8 Å². The molecule has 0 saturated heterocycles. The van der Waals surface area contributed by atoms with Gasteiger partial charge >= 0.3 is 5.97 Å². The van der Waals surface area contributed by atoms with Gasteiger partial charge in [-0.05, 0) is 23.7 Å². The molecule has 18 heavy (non-hydrogen) atoms. The highest BCUT2D eigenvalue weighted by Gasteiger charge is 2.13. The van der Waals surface area contributed by atoms with Crippen LogP contribution < -0.4 is 0 Å². The molecule has 0 bridgehead atoms. The molecule has 3 nitrogen and oxygen atoms in total. The molecule has 0 rings (SSSR count). The van der Waals surface area contributed by atoms with E-state index in [4.69, 9.17) is 9.47 Å². The van der Waals surface area contributed by atoms with E-state index < -0.39 is 0 Å². The highest BCUT2D eigenvalue weighted by atomic mass is 16.6. The first-order valence-corrected chi connectivity index (χ1v) is 6.83. The van der Waals surface area contributed by atoms with Gasteiger partial charge in [0, 0.05) is 13.0 Å². The van der Waals surface area contributed by atoms with E-state index in [0.717, 1.165) is 19.4 Å². The maximum atomic E-state index is 11.4. The third-order valence-electron chi connectivity index (χ3n) is 2.57. The Hall–Kier alpha value is -0.570. The van der Waals surface area contributed by atoms with Gasteiger partial charge in [-0.15, -0.1) is 0 Å². The SMILES string of the molecule is CC(C)(C)CCOCCOC(=O)CCC(C)(C)C. The monoisotopic (exact) mass is 258 g/mol. The Kier molecular flexibility index (Phi) is 7.53. The lowest BCUT2D eigenvalue weighted by Crippen LogP contribution is -2.15. The van der Waals surface area contributed by atoms with E-state index in [9.17, 15) is 4.79 Å². The van der Waals surface area contributed by atoms with Crippen LogP contribution in [0.3, 0.4) is 0 Å². The molecule has 0 atom stereocenters. The molecule has 0 aliphatic rings. The van der Waals surface area contributed by atoms with Crippen LogP contribution in [0.4, 0.5) is 0 Å². The fraction of sp³-hybridized carbons (Fsp3) is 0.933. The van der Waals surface area contributed by atoms with E-state index in [1.54, 1.807) is 0 Å². The Labute approximate surface area is 112 Å². The Balaban J connectivity index is 3.42. The number of carbonyl (C=O) groups excluding carboxylic acids is 1. The van der Waals surface area contributed by atoms with Gasteiger partial charge in [0.05, 0.1) is 6.61 Å². The Morgan fingerprint density at radius 1 is 0.833 bits per heavy atom. The fourth-order valence-corrected chi connectivity index (χ4v) is 1.24. The first-order chi connectivity index (χ1) is 8.10. The zero-order valence-electron chi connectivity index (χ0n) is 13.0. The second-order valence-electron chi connectivity index (χ2n) is 7.20. The van der Waals surface area contributed by atoms with Gasteiger partial charge in [0.2, 0.25) is 0 Å². The molecule has 0 fully saturated rings. The molecule has 0 amide bonds. The summed E-state index contributed by atoms with van der Waals surface area (Å²) >= 11 is 0. The Bertz CT molecular complexity index is 233. The summed E-state index contributed by atoms with van der Waals surface area (Å²) in [6.45, 7) is 14.5. The van der Waals surface area contributed by atoms with Gasteiger partial charge in [-0.1, -0.05) is 41.5 Å². The molecule has 0 unspecified atom stereocenters. The van der Waals surface area contributed by atoms with Crippen LogP contribution >= 0.6 is 0 Å². The van der Waals surface area contributed by atoms with Crippen molar-refractivity contribution in [1.29, 1.82) is 0 Å². The molecule has 0 aromatic rings. The molecule has 0 aliphatic carbocycles. The first-order valence-electron chi connectivity index (χ1n) is 6.83. The second kappa shape index (κ2) is 7.78. The summed E-state index contributed by atoms with van der Waals surface area (Å²) in [5.74, 6) is -0.121. The van der Waals surface area contributed by atoms with E-state index in [2.05, 4.69) is 41.5 Å². The number of ether oxygens (including phenoxy) is 2. The van der Waals surface area contributed by atoms with Crippen LogP contribution in [0.25, 0.3) is 0 Å². The molecular formula is C15H30O3. The summed E-state index contributed by atoms with van der Waals surface area (Å²) in [4.78, 5) is 11.4. The number of hydrogen-bond acceptors (Lipinski definition) is 3. The Morgan fingerprint density at radius 3 is 1.89 bits per heavy atom. The second-order valence-corrected chi connectivity index (χ2v) is 7.20. The summed E-state index contributed by atoms with van der Waals surface area (Å²) in [5.41, 5.74) is 0.478.